The zero-order valence-electron chi connectivity index (χ0n) is 14.4. The average molecular weight is 489 g/mol. The van der Waals surface area contributed by atoms with Crippen molar-refractivity contribution in [2.75, 3.05) is 15.4 Å². The van der Waals surface area contributed by atoms with E-state index >= 15 is 0 Å². The first kappa shape index (κ1) is 21.5. The van der Waals surface area contributed by atoms with E-state index in [4.69, 9.17) is 47.0 Å². The van der Waals surface area contributed by atoms with E-state index in [1.165, 1.54) is 24.3 Å². The maximum atomic E-state index is 12.4. The Morgan fingerprint density at radius 3 is 2.28 bits per heavy atom. The van der Waals surface area contributed by atoms with Crippen molar-refractivity contribution in [3.63, 3.8) is 0 Å². The summed E-state index contributed by atoms with van der Waals surface area (Å²) in [5, 5.41) is 14.5. The molecular weight excluding hydrogens is 477 g/mol. The molecular formula is C17H12Cl3N5O2S2. The second-order valence-corrected chi connectivity index (χ2v) is 8.90. The lowest BCUT2D eigenvalue weighted by atomic mass is 10.3. The minimum Gasteiger partial charge on any atom is -0.332 e. The van der Waals surface area contributed by atoms with E-state index in [9.17, 15) is 8.42 Å². The van der Waals surface area contributed by atoms with Gasteiger partial charge in [0.1, 0.15) is 0 Å². The number of nitrogens with zero attached hydrogens (tertiary/aromatic N) is 2. The Morgan fingerprint density at radius 1 is 0.897 bits per heavy atom. The molecule has 3 rings (SSSR count). The number of benzene rings is 2. The Hall–Kier alpha value is -2.17. The van der Waals surface area contributed by atoms with E-state index in [0.29, 0.717) is 21.4 Å². The molecule has 7 nitrogen and oxygen atoms in total. The quantitative estimate of drug-likeness (QED) is 0.433. The smallest absolute Gasteiger partial charge is 0.263 e. The fraction of sp³-hybridized carbons (Fsp3) is 0. The lowest BCUT2D eigenvalue weighted by Gasteiger charge is -2.13. The van der Waals surface area contributed by atoms with Crippen molar-refractivity contribution in [1.82, 2.24) is 10.2 Å². The van der Waals surface area contributed by atoms with E-state index in [1.807, 2.05) is 0 Å². The van der Waals surface area contributed by atoms with Gasteiger partial charge < -0.3 is 10.6 Å². The molecule has 0 saturated carbocycles. The molecule has 3 aromatic rings. The molecule has 0 aliphatic rings. The molecule has 0 fully saturated rings. The third-order valence-corrected chi connectivity index (χ3v) is 5.81. The number of thiocarbonyl (C=S) groups is 1. The molecule has 0 saturated heterocycles. The second kappa shape index (κ2) is 9.10. The molecule has 0 radical (unpaired) electrons. The summed E-state index contributed by atoms with van der Waals surface area (Å²) < 4.78 is 27.2. The molecule has 0 amide bonds. The molecule has 1 heterocycles. The highest BCUT2D eigenvalue weighted by atomic mass is 35.5. The van der Waals surface area contributed by atoms with Gasteiger partial charge in [-0.05, 0) is 66.8 Å². The molecule has 0 aliphatic carbocycles. The van der Waals surface area contributed by atoms with E-state index in [1.54, 1.807) is 30.3 Å². The molecule has 1 aromatic heterocycles. The van der Waals surface area contributed by atoms with E-state index in [2.05, 4.69) is 25.6 Å². The lowest BCUT2D eigenvalue weighted by Crippen LogP contribution is -2.19. The third-order valence-electron chi connectivity index (χ3n) is 3.47. The molecule has 0 spiro atoms. The van der Waals surface area contributed by atoms with Gasteiger partial charge in [-0.3, -0.25) is 4.72 Å². The first-order chi connectivity index (χ1) is 13.7. The van der Waals surface area contributed by atoms with Crippen LogP contribution in [0, 0.1) is 0 Å². The van der Waals surface area contributed by atoms with Gasteiger partial charge in [0.05, 0.1) is 15.6 Å². The summed E-state index contributed by atoms with van der Waals surface area (Å²) in [5.41, 5.74) is 1.12. The largest absolute Gasteiger partial charge is 0.332 e. The van der Waals surface area contributed by atoms with Crippen molar-refractivity contribution in [3.05, 3.63) is 69.8 Å². The maximum absolute atomic E-state index is 12.4. The summed E-state index contributed by atoms with van der Waals surface area (Å²) in [4.78, 5) is 0.0385. The third kappa shape index (κ3) is 5.91. The SMILES string of the molecule is O=S(=O)(Nc1ccc(Cl)nn1)c1ccc(NC(=S)Nc2cc(Cl)ccc2Cl)cc1. The highest BCUT2D eigenvalue weighted by Crippen LogP contribution is 2.25. The Kier molecular flexibility index (Phi) is 6.76. The van der Waals surface area contributed by atoms with E-state index in [-0.39, 0.29) is 21.0 Å². The van der Waals surface area contributed by atoms with Crippen molar-refractivity contribution in [1.29, 1.82) is 0 Å². The van der Waals surface area contributed by atoms with Crippen molar-refractivity contribution in [2.45, 2.75) is 4.90 Å². The van der Waals surface area contributed by atoms with Crippen LogP contribution in [0.15, 0.2) is 59.5 Å². The monoisotopic (exact) mass is 487 g/mol. The zero-order valence-corrected chi connectivity index (χ0v) is 18.3. The summed E-state index contributed by atoms with van der Waals surface area (Å²) in [7, 11) is -3.83. The number of anilines is 3. The minimum atomic E-state index is -3.83. The van der Waals surface area contributed by atoms with Crippen LogP contribution in [0.3, 0.4) is 0 Å². The summed E-state index contributed by atoms with van der Waals surface area (Å²) >= 11 is 22.9. The van der Waals surface area contributed by atoms with Gasteiger partial charge in [-0.25, -0.2) is 8.42 Å². The highest BCUT2D eigenvalue weighted by molar-refractivity contribution is 7.92. The van der Waals surface area contributed by atoms with Gasteiger partial charge in [0, 0.05) is 10.7 Å². The van der Waals surface area contributed by atoms with Crippen molar-refractivity contribution in [3.8, 4) is 0 Å². The summed E-state index contributed by atoms with van der Waals surface area (Å²) in [6.07, 6.45) is 0. The number of hydrogen-bond acceptors (Lipinski definition) is 5. The minimum absolute atomic E-state index is 0.0385. The fourth-order valence-electron chi connectivity index (χ4n) is 2.16. The summed E-state index contributed by atoms with van der Waals surface area (Å²) in [5.74, 6) is 0.0559. The van der Waals surface area contributed by atoms with Gasteiger partial charge in [0.25, 0.3) is 10.0 Å². The van der Waals surface area contributed by atoms with Gasteiger partial charge in [-0.1, -0.05) is 34.8 Å². The highest BCUT2D eigenvalue weighted by Gasteiger charge is 2.15. The molecule has 2 aromatic carbocycles. The van der Waals surface area contributed by atoms with Crippen molar-refractivity contribution in [2.24, 2.45) is 0 Å². The van der Waals surface area contributed by atoms with Gasteiger partial charge in [0.15, 0.2) is 16.1 Å². The standard InChI is InChI=1S/C17H12Cl3N5O2S2/c18-10-1-6-13(19)14(9-10)22-17(28)21-11-2-4-12(5-3-11)29(26,27)25-16-8-7-15(20)23-24-16/h1-9H,(H,24,25)(H2,21,22,28). The molecule has 0 aliphatic heterocycles. The van der Waals surface area contributed by atoms with Crippen LogP contribution >= 0.6 is 47.0 Å². The Labute approximate surface area is 187 Å². The van der Waals surface area contributed by atoms with Gasteiger partial charge in [0.2, 0.25) is 0 Å². The Morgan fingerprint density at radius 2 is 1.62 bits per heavy atom. The predicted molar refractivity (Wildman–Crippen MR) is 121 cm³/mol. The van der Waals surface area contributed by atoms with Crippen LogP contribution in [0.2, 0.25) is 15.2 Å². The van der Waals surface area contributed by atoms with Crippen LogP contribution in [0.25, 0.3) is 0 Å². The van der Waals surface area contributed by atoms with Crippen LogP contribution in [0.1, 0.15) is 0 Å². The van der Waals surface area contributed by atoms with Crippen molar-refractivity contribution < 1.29 is 8.42 Å². The molecule has 12 heteroatoms. The first-order valence-electron chi connectivity index (χ1n) is 7.88. The number of hydrogen-bond donors (Lipinski definition) is 3. The zero-order chi connectivity index (χ0) is 21.0. The topological polar surface area (TPSA) is 96.0 Å². The maximum Gasteiger partial charge on any atom is 0.263 e. The average Bonchev–Trinajstić information content (AvgIpc) is 2.67. The van der Waals surface area contributed by atoms with Gasteiger partial charge in [-0.2, -0.15) is 0 Å². The Bertz CT molecular complexity index is 1140. The predicted octanol–water partition coefficient (Wildman–Crippen LogP) is 5.05. The van der Waals surface area contributed by atoms with Crippen LogP contribution in [-0.2, 0) is 10.0 Å². The normalized spacial score (nSPS) is 11.0. The molecule has 0 unspecified atom stereocenters. The number of aromatic nitrogens is 2. The van der Waals surface area contributed by atoms with Gasteiger partial charge in [-0.15, -0.1) is 10.2 Å². The van der Waals surface area contributed by atoms with Crippen LogP contribution in [0.5, 0.6) is 0 Å². The fourth-order valence-corrected chi connectivity index (χ4v) is 3.82. The molecule has 0 bridgehead atoms. The summed E-state index contributed by atoms with van der Waals surface area (Å²) in [6, 6.07) is 13.8. The lowest BCUT2D eigenvalue weighted by molar-refractivity contribution is 0.601. The van der Waals surface area contributed by atoms with Crippen molar-refractivity contribution >= 4 is 79.3 Å². The molecule has 29 heavy (non-hydrogen) atoms. The Balaban J connectivity index is 1.67. The van der Waals surface area contributed by atoms with Crippen LogP contribution in [0.4, 0.5) is 17.2 Å². The number of sulfonamides is 1. The van der Waals surface area contributed by atoms with Crippen LogP contribution in [-0.4, -0.2) is 23.7 Å². The van der Waals surface area contributed by atoms with Gasteiger partial charge >= 0.3 is 0 Å². The number of halogens is 3. The number of rotatable bonds is 5. The second-order valence-electron chi connectivity index (χ2n) is 5.57. The first-order valence-corrected chi connectivity index (χ1v) is 10.9. The molecule has 3 N–H and O–H groups in total. The molecule has 0 atom stereocenters. The van der Waals surface area contributed by atoms with E-state index < -0.39 is 10.0 Å². The summed E-state index contributed by atoms with van der Waals surface area (Å²) in [6.45, 7) is 0. The van der Waals surface area contributed by atoms with Crippen LogP contribution < -0.4 is 15.4 Å². The molecule has 150 valence electrons. The van der Waals surface area contributed by atoms with E-state index in [0.717, 1.165) is 0 Å². The number of nitrogens with one attached hydrogen (secondary N) is 3.